The average Bonchev–Trinajstić information content (AvgIpc) is 3.02. The fraction of sp³-hybridized carbons (Fsp3) is 0. The van der Waals surface area contributed by atoms with E-state index in [1.165, 1.54) is 23.5 Å². The van der Waals surface area contributed by atoms with Crippen LogP contribution in [0.3, 0.4) is 0 Å². The van der Waals surface area contributed by atoms with Gasteiger partial charge in [0.1, 0.15) is 9.61 Å². The van der Waals surface area contributed by atoms with Crippen LogP contribution in [-0.4, -0.2) is 19.3 Å². The molecule has 2 aromatic carbocycles. The summed E-state index contributed by atoms with van der Waals surface area (Å²) in [6, 6.07) is 14.4. The number of rotatable bonds is 4. The minimum atomic E-state index is -3.88. The number of sulfonamides is 1. The van der Waals surface area contributed by atoms with Crippen molar-refractivity contribution in [3.05, 3.63) is 70.1 Å². The Morgan fingerprint density at radius 1 is 1.04 bits per heavy atom. The zero-order valence-corrected chi connectivity index (χ0v) is 15.4. The zero-order chi connectivity index (χ0) is 17.2. The number of benzene rings is 2. The maximum atomic E-state index is 12.2. The molecule has 3 rings (SSSR count). The van der Waals surface area contributed by atoms with Crippen molar-refractivity contribution in [2.24, 2.45) is 0 Å². The zero-order valence-electron chi connectivity index (χ0n) is 12.1. The van der Waals surface area contributed by atoms with Crippen LogP contribution in [-0.2, 0) is 10.0 Å². The summed E-state index contributed by atoms with van der Waals surface area (Å²) in [4.78, 5) is 16.5. The topological polar surface area (TPSA) is 76.1 Å². The van der Waals surface area contributed by atoms with Gasteiger partial charge >= 0.3 is 0 Å². The lowest BCUT2D eigenvalue weighted by atomic mass is 10.1. The van der Waals surface area contributed by atoms with Gasteiger partial charge in [0, 0.05) is 16.5 Å². The third kappa shape index (κ3) is 3.72. The van der Waals surface area contributed by atoms with Crippen molar-refractivity contribution in [2.45, 2.75) is 4.90 Å². The first kappa shape index (κ1) is 16.8. The van der Waals surface area contributed by atoms with Crippen molar-refractivity contribution in [3.8, 4) is 10.6 Å². The maximum Gasteiger partial charge on any atom is 0.264 e. The van der Waals surface area contributed by atoms with E-state index in [9.17, 15) is 13.2 Å². The van der Waals surface area contributed by atoms with Crippen molar-refractivity contribution in [1.82, 2.24) is 9.71 Å². The third-order valence-corrected chi connectivity index (χ3v) is 6.10. The van der Waals surface area contributed by atoms with Gasteiger partial charge in [-0.3, -0.25) is 4.79 Å². The van der Waals surface area contributed by atoms with Crippen molar-refractivity contribution in [2.75, 3.05) is 0 Å². The highest BCUT2D eigenvalue weighted by Crippen LogP contribution is 2.26. The fourth-order valence-corrected chi connectivity index (χ4v) is 4.25. The lowest BCUT2D eigenvalue weighted by Crippen LogP contribution is -2.30. The van der Waals surface area contributed by atoms with Gasteiger partial charge in [-0.25, -0.2) is 18.1 Å². The number of halogens is 1. The molecule has 0 aliphatic carbocycles. The molecule has 1 amide bonds. The van der Waals surface area contributed by atoms with Crippen molar-refractivity contribution < 1.29 is 13.2 Å². The molecule has 0 fully saturated rings. The van der Waals surface area contributed by atoms with Gasteiger partial charge in [0.2, 0.25) is 0 Å². The lowest BCUT2D eigenvalue weighted by Gasteiger charge is -2.07. The second kappa shape index (κ2) is 6.84. The first-order chi connectivity index (χ1) is 11.5. The summed E-state index contributed by atoms with van der Waals surface area (Å²) in [5.74, 6) is -0.675. The van der Waals surface area contributed by atoms with E-state index >= 15 is 0 Å². The van der Waals surface area contributed by atoms with Gasteiger partial charge in [-0.1, -0.05) is 30.3 Å². The molecule has 0 atom stereocenters. The predicted molar refractivity (Wildman–Crippen MR) is 96.3 cm³/mol. The highest BCUT2D eigenvalue weighted by atomic mass is 79.9. The average molecular weight is 423 g/mol. The number of hydrogen-bond acceptors (Lipinski definition) is 5. The van der Waals surface area contributed by atoms with Crippen LogP contribution in [0.25, 0.3) is 10.6 Å². The van der Waals surface area contributed by atoms with Gasteiger partial charge in [0.05, 0.1) is 4.90 Å². The molecule has 8 heteroatoms. The molecule has 0 spiro atoms. The molecule has 1 heterocycles. The molecule has 0 unspecified atom stereocenters. The molecule has 1 N–H and O–H groups in total. The fourth-order valence-electron chi connectivity index (χ4n) is 1.99. The molecule has 0 aliphatic rings. The van der Waals surface area contributed by atoms with Crippen LogP contribution in [0.15, 0.2) is 69.5 Å². The van der Waals surface area contributed by atoms with Crippen LogP contribution < -0.4 is 4.72 Å². The second-order valence-electron chi connectivity index (χ2n) is 4.80. The number of hydrogen-bond donors (Lipinski definition) is 1. The van der Waals surface area contributed by atoms with E-state index in [0.717, 1.165) is 15.2 Å². The standard InChI is InChI=1S/C16H11BrN2O3S2/c17-14-10-23-16(18-14)12-8-6-11(7-9-12)15(20)19-24(21,22)13-4-2-1-3-5-13/h1-10H,(H,19,20). The Balaban J connectivity index is 1.78. The third-order valence-electron chi connectivity index (χ3n) is 3.15. The van der Waals surface area contributed by atoms with E-state index in [2.05, 4.69) is 25.6 Å². The van der Waals surface area contributed by atoms with Gasteiger partial charge in [0.15, 0.2) is 0 Å². The molecule has 0 aliphatic heterocycles. The summed E-state index contributed by atoms with van der Waals surface area (Å²) in [6.45, 7) is 0. The van der Waals surface area contributed by atoms with E-state index in [4.69, 9.17) is 0 Å². The van der Waals surface area contributed by atoms with E-state index in [-0.39, 0.29) is 10.5 Å². The van der Waals surface area contributed by atoms with Crippen molar-refractivity contribution in [1.29, 1.82) is 0 Å². The quantitative estimate of drug-likeness (QED) is 0.695. The number of carbonyl (C=O) groups is 1. The maximum absolute atomic E-state index is 12.2. The van der Waals surface area contributed by atoms with E-state index < -0.39 is 15.9 Å². The molecular weight excluding hydrogens is 412 g/mol. The molecule has 0 saturated carbocycles. The second-order valence-corrected chi connectivity index (χ2v) is 8.15. The first-order valence-electron chi connectivity index (χ1n) is 6.79. The summed E-state index contributed by atoms with van der Waals surface area (Å²) in [7, 11) is -3.88. The van der Waals surface area contributed by atoms with Crippen molar-refractivity contribution >= 4 is 43.2 Å². The molecule has 1 aromatic heterocycles. The van der Waals surface area contributed by atoms with Crippen LogP contribution in [0.2, 0.25) is 0 Å². The minimum absolute atomic E-state index is 0.0441. The number of thiazole rings is 1. The van der Waals surface area contributed by atoms with Crippen LogP contribution in [0, 0.1) is 0 Å². The first-order valence-corrected chi connectivity index (χ1v) is 9.95. The number of aromatic nitrogens is 1. The number of nitrogens with zero attached hydrogens (tertiary/aromatic N) is 1. The SMILES string of the molecule is O=C(NS(=O)(=O)c1ccccc1)c1ccc(-c2nc(Br)cs2)cc1. The van der Waals surface area contributed by atoms with Crippen molar-refractivity contribution in [3.63, 3.8) is 0 Å². The Hall–Kier alpha value is -2.03. The molecular formula is C16H11BrN2O3S2. The van der Waals surface area contributed by atoms with Gasteiger partial charge in [-0.2, -0.15) is 0 Å². The Morgan fingerprint density at radius 3 is 2.29 bits per heavy atom. The molecule has 0 bridgehead atoms. The molecule has 3 aromatic rings. The van der Waals surface area contributed by atoms with Gasteiger partial charge in [-0.05, 0) is 40.2 Å². The number of nitrogens with one attached hydrogen (secondary N) is 1. The molecule has 24 heavy (non-hydrogen) atoms. The van der Waals surface area contributed by atoms with Crippen LogP contribution in [0.1, 0.15) is 10.4 Å². The summed E-state index contributed by atoms with van der Waals surface area (Å²) in [6.07, 6.45) is 0. The Morgan fingerprint density at radius 2 is 1.71 bits per heavy atom. The Bertz CT molecular complexity index is 968. The van der Waals surface area contributed by atoms with Crippen LogP contribution in [0.5, 0.6) is 0 Å². The summed E-state index contributed by atoms with van der Waals surface area (Å²) in [5.41, 5.74) is 1.11. The predicted octanol–water partition coefficient (Wildman–Crippen LogP) is 3.69. The molecule has 5 nitrogen and oxygen atoms in total. The Labute approximate surface area is 151 Å². The lowest BCUT2D eigenvalue weighted by molar-refractivity contribution is 0.0981. The summed E-state index contributed by atoms with van der Waals surface area (Å²) < 4.78 is 27.1. The normalized spacial score (nSPS) is 11.2. The van der Waals surface area contributed by atoms with Crippen LogP contribution in [0.4, 0.5) is 0 Å². The van der Waals surface area contributed by atoms with E-state index in [1.54, 1.807) is 42.5 Å². The summed E-state index contributed by atoms with van der Waals surface area (Å²) >= 11 is 4.76. The van der Waals surface area contributed by atoms with Gasteiger partial charge in [0.25, 0.3) is 15.9 Å². The van der Waals surface area contributed by atoms with E-state index in [0.29, 0.717) is 0 Å². The minimum Gasteiger partial charge on any atom is -0.268 e. The largest absolute Gasteiger partial charge is 0.268 e. The highest BCUT2D eigenvalue weighted by molar-refractivity contribution is 9.10. The Kier molecular flexibility index (Phi) is 4.79. The molecule has 0 radical (unpaired) electrons. The number of carbonyl (C=O) groups excluding carboxylic acids is 1. The molecule has 0 saturated heterocycles. The highest BCUT2D eigenvalue weighted by Gasteiger charge is 2.18. The van der Waals surface area contributed by atoms with Gasteiger partial charge < -0.3 is 0 Å². The van der Waals surface area contributed by atoms with Gasteiger partial charge in [-0.15, -0.1) is 11.3 Å². The summed E-state index contributed by atoms with van der Waals surface area (Å²) in [5, 5.41) is 2.67. The van der Waals surface area contributed by atoms with E-state index in [1.807, 2.05) is 5.38 Å². The monoisotopic (exact) mass is 422 g/mol. The number of amides is 1. The van der Waals surface area contributed by atoms with Crippen LogP contribution >= 0.6 is 27.3 Å². The molecule has 122 valence electrons. The smallest absolute Gasteiger partial charge is 0.264 e.